The second-order valence-corrected chi connectivity index (χ2v) is 8.45. The molecule has 0 aromatic heterocycles. The molecule has 4 aromatic rings. The van der Waals surface area contributed by atoms with E-state index in [2.05, 4.69) is 130 Å². The molecular weight excluding hydrogens is 520 g/mol. The molecule has 1 heterocycles. The number of rotatable bonds is 7. The van der Waals surface area contributed by atoms with Crippen LogP contribution in [0.25, 0.3) is 34.4 Å². The molecule has 0 unspecified atom stereocenters. The van der Waals surface area contributed by atoms with Crippen LogP contribution in [0.3, 0.4) is 0 Å². The zero-order chi connectivity index (χ0) is 24.4. The smallest absolute Gasteiger partial charge is 0.212 e. The molecule has 1 aliphatic rings. The molecule has 5 heteroatoms. The number of aliphatic imine (C=N–C) groups is 1. The van der Waals surface area contributed by atoms with E-state index >= 15 is 0 Å². The van der Waals surface area contributed by atoms with Gasteiger partial charge >= 0.3 is 0 Å². The third-order valence-corrected chi connectivity index (χ3v) is 5.89. The summed E-state index contributed by atoms with van der Waals surface area (Å²) in [4.78, 5) is 4.36. The highest BCUT2D eigenvalue weighted by atomic mass is 79.9. The molecule has 5 rings (SSSR count). The van der Waals surface area contributed by atoms with E-state index in [-0.39, 0.29) is 17.0 Å². The highest BCUT2D eigenvalue weighted by Crippen LogP contribution is 2.21. The van der Waals surface area contributed by atoms with Crippen molar-refractivity contribution in [2.24, 2.45) is 10.1 Å². The minimum atomic E-state index is 0. The number of benzene rings is 4. The summed E-state index contributed by atoms with van der Waals surface area (Å²) < 4.78 is 0. The molecule has 184 valence electrons. The molecule has 0 fully saturated rings. The summed E-state index contributed by atoms with van der Waals surface area (Å²) in [5.74, 6) is 0.703. The predicted octanol–water partition coefficient (Wildman–Crippen LogP) is 7.23. The molecule has 0 amide bonds. The molecule has 0 aliphatic carbocycles. The molecule has 0 bridgehead atoms. The summed E-state index contributed by atoms with van der Waals surface area (Å²) in [7, 11) is 0. The van der Waals surface area contributed by atoms with E-state index in [1.807, 2.05) is 24.3 Å². The molecule has 0 saturated carbocycles. The van der Waals surface area contributed by atoms with Crippen LogP contribution in [0, 0.1) is 0 Å². The second-order valence-electron chi connectivity index (χ2n) is 8.45. The number of hydrazone groups is 1. The fourth-order valence-corrected chi connectivity index (χ4v) is 3.92. The van der Waals surface area contributed by atoms with Crippen molar-refractivity contribution in [1.82, 2.24) is 10.7 Å². The topological polar surface area (TPSA) is 48.8 Å². The maximum absolute atomic E-state index is 4.57. The lowest BCUT2D eigenvalue weighted by molar-refractivity contribution is 0.918. The Morgan fingerprint density at radius 3 is 1.54 bits per heavy atom. The molecule has 0 atom stereocenters. The number of allylic oxidation sites excluding steroid dienone is 2. The van der Waals surface area contributed by atoms with Crippen molar-refractivity contribution in [2.45, 2.75) is 0 Å². The van der Waals surface area contributed by atoms with E-state index in [0.717, 1.165) is 29.9 Å². The number of guanidine groups is 1. The number of hydrogen-bond donors (Lipinski definition) is 2. The molecule has 0 radical (unpaired) electrons. The minimum Gasteiger partial charge on any atom is -0.353 e. The van der Waals surface area contributed by atoms with E-state index in [9.17, 15) is 0 Å². The quantitative estimate of drug-likeness (QED) is 0.189. The summed E-state index contributed by atoms with van der Waals surface area (Å²) in [5, 5.41) is 7.75. The van der Waals surface area contributed by atoms with Crippen molar-refractivity contribution < 1.29 is 0 Å². The van der Waals surface area contributed by atoms with E-state index < -0.39 is 0 Å². The Balaban J connectivity index is 0.00000320. The SMILES string of the molecule is Br.C(=Cc1ccc(-c2ccccc2)cc1)C(C=Cc1ccc(-c2ccccc2)cc1)=NNC1=NCCN1. The molecule has 4 aromatic carbocycles. The van der Waals surface area contributed by atoms with Crippen LogP contribution >= 0.6 is 17.0 Å². The maximum Gasteiger partial charge on any atom is 0.212 e. The Labute approximate surface area is 229 Å². The Kier molecular flexibility index (Phi) is 9.22. The molecule has 4 nitrogen and oxygen atoms in total. The Bertz CT molecular complexity index is 1290. The largest absolute Gasteiger partial charge is 0.353 e. The molecule has 2 N–H and O–H groups in total. The third kappa shape index (κ3) is 7.38. The van der Waals surface area contributed by atoms with Crippen molar-refractivity contribution >= 4 is 40.8 Å². The summed E-state index contributed by atoms with van der Waals surface area (Å²) in [6, 6.07) is 37.9. The number of hydrogen-bond acceptors (Lipinski definition) is 4. The summed E-state index contributed by atoms with van der Waals surface area (Å²) in [5.41, 5.74) is 10.9. The van der Waals surface area contributed by atoms with Gasteiger partial charge in [-0.25, -0.2) is 10.4 Å². The lowest BCUT2D eigenvalue weighted by Gasteiger charge is -2.03. The monoisotopic (exact) mass is 548 g/mol. The number of nitrogens with zero attached hydrogens (tertiary/aromatic N) is 2. The molecule has 0 saturated heterocycles. The van der Waals surface area contributed by atoms with Gasteiger partial charge in [-0.15, -0.1) is 17.0 Å². The van der Waals surface area contributed by atoms with Crippen LogP contribution in [0.4, 0.5) is 0 Å². The third-order valence-electron chi connectivity index (χ3n) is 5.89. The molecular formula is C32H29BrN4. The zero-order valence-electron chi connectivity index (χ0n) is 20.4. The van der Waals surface area contributed by atoms with Crippen molar-refractivity contribution in [3.8, 4) is 22.3 Å². The predicted molar refractivity (Wildman–Crippen MR) is 163 cm³/mol. The van der Waals surface area contributed by atoms with Crippen LogP contribution < -0.4 is 10.7 Å². The lowest BCUT2D eigenvalue weighted by atomic mass is 10.0. The fraction of sp³-hybridized carbons (Fsp3) is 0.0625. The van der Waals surface area contributed by atoms with E-state index in [4.69, 9.17) is 0 Å². The average molecular weight is 550 g/mol. The van der Waals surface area contributed by atoms with Gasteiger partial charge in [-0.05, 0) is 45.5 Å². The first-order valence-corrected chi connectivity index (χ1v) is 12.1. The van der Waals surface area contributed by atoms with Crippen LogP contribution in [0.2, 0.25) is 0 Å². The van der Waals surface area contributed by atoms with Gasteiger partial charge in [0, 0.05) is 6.54 Å². The zero-order valence-corrected chi connectivity index (χ0v) is 22.1. The fourth-order valence-electron chi connectivity index (χ4n) is 3.92. The van der Waals surface area contributed by atoms with Gasteiger partial charge in [-0.1, -0.05) is 121 Å². The second kappa shape index (κ2) is 13.2. The van der Waals surface area contributed by atoms with Crippen molar-refractivity contribution in [3.05, 3.63) is 132 Å². The van der Waals surface area contributed by atoms with Crippen LogP contribution in [0.5, 0.6) is 0 Å². The average Bonchev–Trinajstić information content (AvgIpc) is 3.48. The van der Waals surface area contributed by atoms with Gasteiger partial charge in [0.1, 0.15) is 0 Å². The van der Waals surface area contributed by atoms with Gasteiger partial charge in [0.05, 0.1) is 12.3 Å². The van der Waals surface area contributed by atoms with E-state index in [1.54, 1.807) is 0 Å². The van der Waals surface area contributed by atoms with Crippen LogP contribution in [0.15, 0.2) is 131 Å². The van der Waals surface area contributed by atoms with Crippen LogP contribution in [-0.4, -0.2) is 24.8 Å². The minimum absolute atomic E-state index is 0. The first-order valence-electron chi connectivity index (χ1n) is 12.1. The van der Waals surface area contributed by atoms with Gasteiger partial charge in [0.2, 0.25) is 5.96 Å². The first kappa shape index (κ1) is 25.9. The number of halogens is 1. The molecule has 37 heavy (non-hydrogen) atoms. The van der Waals surface area contributed by atoms with Crippen molar-refractivity contribution in [1.29, 1.82) is 0 Å². The Morgan fingerprint density at radius 2 is 1.11 bits per heavy atom. The molecule has 1 aliphatic heterocycles. The Morgan fingerprint density at radius 1 is 0.649 bits per heavy atom. The first-order chi connectivity index (χ1) is 17.8. The van der Waals surface area contributed by atoms with Gasteiger partial charge in [0.25, 0.3) is 0 Å². The normalized spacial score (nSPS) is 12.6. The lowest BCUT2D eigenvalue weighted by Crippen LogP contribution is -2.30. The molecule has 0 spiro atoms. The summed E-state index contributed by atoms with van der Waals surface area (Å²) in [6.07, 6.45) is 8.16. The Hall–Kier alpha value is -4.22. The van der Waals surface area contributed by atoms with Gasteiger partial charge < -0.3 is 5.32 Å². The van der Waals surface area contributed by atoms with Gasteiger partial charge in [0.15, 0.2) is 0 Å². The maximum atomic E-state index is 4.57. The summed E-state index contributed by atoms with van der Waals surface area (Å²) in [6.45, 7) is 1.60. The highest BCUT2D eigenvalue weighted by Gasteiger charge is 2.03. The summed E-state index contributed by atoms with van der Waals surface area (Å²) >= 11 is 0. The van der Waals surface area contributed by atoms with Gasteiger partial charge in [-0.2, -0.15) is 5.10 Å². The highest BCUT2D eigenvalue weighted by molar-refractivity contribution is 8.93. The van der Waals surface area contributed by atoms with E-state index in [0.29, 0.717) is 5.96 Å². The van der Waals surface area contributed by atoms with E-state index in [1.165, 1.54) is 22.3 Å². The van der Waals surface area contributed by atoms with Crippen molar-refractivity contribution in [2.75, 3.05) is 13.1 Å². The van der Waals surface area contributed by atoms with Crippen LogP contribution in [0.1, 0.15) is 11.1 Å². The van der Waals surface area contributed by atoms with Crippen LogP contribution in [-0.2, 0) is 0 Å². The van der Waals surface area contributed by atoms with Crippen molar-refractivity contribution in [3.63, 3.8) is 0 Å². The number of nitrogens with one attached hydrogen (secondary N) is 2. The standard InChI is InChI=1S/C32H28N4.BrH/c1-3-7-27(8-4-1)29-17-11-25(12-18-29)15-21-31(35-36-32-33-23-24-34-32)22-16-26-13-19-30(20-14-26)28-9-5-2-6-10-28;/h1-22H,23-24H2,(H2,33,34,36);1H. The van der Waals surface area contributed by atoms with Gasteiger partial charge in [-0.3, -0.25) is 0 Å².